The van der Waals surface area contributed by atoms with Crippen LogP contribution in [0, 0.1) is 0 Å². The summed E-state index contributed by atoms with van der Waals surface area (Å²) in [5.74, 6) is 0. The van der Waals surface area contributed by atoms with E-state index >= 15 is 0 Å². The molecule has 0 amide bonds. The summed E-state index contributed by atoms with van der Waals surface area (Å²) in [6.07, 6.45) is 2.67. The Morgan fingerprint density at radius 3 is 1.67 bits per heavy atom. The van der Waals surface area contributed by atoms with E-state index in [-0.39, 0.29) is 18.9 Å². The molecule has 1 nitrogen and oxygen atoms in total. The van der Waals surface area contributed by atoms with E-state index in [1.807, 2.05) is 0 Å². The Bertz CT molecular complexity index is 46.3. The molecule has 0 radical (unpaired) electrons. The molecule has 0 bridgehead atoms. The van der Waals surface area contributed by atoms with Gasteiger partial charge in [0.05, 0.1) is 0 Å². The van der Waals surface area contributed by atoms with E-state index in [0.717, 1.165) is 0 Å². The van der Waals surface area contributed by atoms with Gasteiger partial charge in [-0.15, -0.1) is 0 Å². The van der Waals surface area contributed by atoms with Gasteiger partial charge in [0.1, 0.15) is 0 Å². The van der Waals surface area contributed by atoms with Gasteiger partial charge in [-0.25, -0.2) is 0 Å². The zero-order valence-corrected chi connectivity index (χ0v) is 6.28. The first-order valence-electron chi connectivity index (χ1n) is 3.05. The second-order valence-corrected chi connectivity index (χ2v) is 1.67. The molecule has 0 aromatic carbocycles. The maximum Gasteiger partial charge on any atom is 1.00 e. The Morgan fingerprint density at radius 1 is 1.11 bits per heavy atom. The van der Waals surface area contributed by atoms with Crippen molar-refractivity contribution in [2.45, 2.75) is 26.7 Å². The second kappa shape index (κ2) is 8.62. The van der Waals surface area contributed by atoms with E-state index in [1.165, 1.54) is 25.9 Å². The molecule has 0 heterocycles. The van der Waals surface area contributed by atoms with Crippen LogP contribution in [-0.2, 0) is 0 Å². The minimum Gasteiger partial charge on any atom is -0.484 e. The summed E-state index contributed by atoms with van der Waals surface area (Å²) < 4.78 is 0. The van der Waals surface area contributed by atoms with Gasteiger partial charge in [0.15, 0.2) is 0 Å². The Hall–Kier alpha value is 0.622. The first-order chi connectivity index (χ1) is 3.81. The summed E-state index contributed by atoms with van der Waals surface area (Å²) in [6.45, 7) is 7.22. The van der Waals surface area contributed by atoms with Crippen molar-refractivity contribution in [3.63, 3.8) is 0 Å². The van der Waals surface area contributed by atoms with Crippen molar-refractivity contribution in [2.24, 2.45) is 0 Å². The van der Waals surface area contributed by atoms with Crippen molar-refractivity contribution >= 4 is 7.98 Å². The van der Waals surface area contributed by atoms with Crippen LogP contribution in [-0.4, -0.2) is 25.9 Å². The molecule has 0 rings (SSSR count). The average Bonchev–Trinajstić information content (AvgIpc) is 1.68. The van der Waals surface area contributed by atoms with Gasteiger partial charge < -0.3 is 4.81 Å². The third-order valence-electron chi connectivity index (χ3n) is 0.763. The van der Waals surface area contributed by atoms with Gasteiger partial charge in [0.25, 0.3) is 0 Å². The maximum atomic E-state index is 2.61. The normalized spacial score (nSPS) is 9.33. The molecule has 0 saturated carbocycles. The molecule has 0 unspecified atom stereocenters. The van der Waals surface area contributed by atoms with Crippen LogP contribution < -0.4 is 18.9 Å². The van der Waals surface area contributed by atoms with Crippen molar-refractivity contribution in [3.8, 4) is 0 Å². The van der Waals surface area contributed by atoms with E-state index in [9.17, 15) is 0 Å². The number of hydrogen-bond donors (Lipinski definition) is 0. The molecule has 9 heavy (non-hydrogen) atoms. The third-order valence-corrected chi connectivity index (χ3v) is 0.763. The second-order valence-electron chi connectivity index (χ2n) is 1.67. The van der Waals surface area contributed by atoms with Crippen molar-refractivity contribution in [1.29, 1.82) is 0 Å². The predicted molar refractivity (Wildman–Crippen MR) is 42.1 cm³/mol. The molecule has 0 aliphatic heterocycles. The molecule has 0 aromatic rings. The minimum atomic E-state index is 0. The third kappa shape index (κ3) is 8.62. The van der Waals surface area contributed by atoms with Gasteiger partial charge in [-0.05, 0) is 25.9 Å². The van der Waals surface area contributed by atoms with Crippen LogP contribution in [0.5, 0.6) is 0 Å². The fraction of sp³-hybridized carbons (Fsp3) is 1.00. The summed E-state index contributed by atoms with van der Waals surface area (Å²) in [7, 11) is 0.496. The molecule has 0 atom stereocenters. The fourth-order valence-electron chi connectivity index (χ4n) is 0.428. The predicted octanol–water partition coefficient (Wildman–Crippen LogP) is -2.61. The quantitative estimate of drug-likeness (QED) is 0.368. The molecular formula is C6H17BLiN. The van der Waals surface area contributed by atoms with E-state index in [4.69, 9.17) is 0 Å². The molecule has 50 valence electrons. The van der Waals surface area contributed by atoms with E-state index in [2.05, 4.69) is 18.7 Å². The molecule has 0 N–H and O–H groups in total. The van der Waals surface area contributed by atoms with Crippen LogP contribution in [0.3, 0.4) is 0 Å². The van der Waals surface area contributed by atoms with Gasteiger partial charge in [0.2, 0.25) is 0 Å². The molecule has 0 spiro atoms. The molecular weight excluding hydrogens is 104 g/mol. The molecule has 0 aliphatic rings. The molecule has 0 aromatic heterocycles. The minimum absolute atomic E-state index is 0. The standard InChI is InChI=1S/C6H17BN.Li/c1-3-5-8(7)6-4-2;/h3-6H2,1-2,7H3;/q-1;+1. The van der Waals surface area contributed by atoms with E-state index in [1.54, 1.807) is 0 Å². The topological polar surface area (TPSA) is 3.24 Å². The Morgan fingerprint density at radius 2 is 1.44 bits per heavy atom. The molecule has 0 fully saturated rings. The average molecular weight is 121 g/mol. The molecule has 0 saturated heterocycles. The first-order valence-corrected chi connectivity index (χ1v) is 3.05. The Labute approximate surface area is 71.8 Å². The van der Waals surface area contributed by atoms with E-state index in [0.29, 0.717) is 7.98 Å². The SMILES string of the molecule is [BH3-]N(CCC)CCC.[Li+]. The van der Waals surface area contributed by atoms with Crippen molar-refractivity contribution in [3.05, 3.63) is 0 Å². The van der Waals surface area contributed by atoms with Crippen molar-refractivity contribution in [1.82, 2.24) is 4.81 Å². The molecule has 0 aliphatic carbocycles. The smallest absolute Gasteiger partial charge is 0.484 e. The van der Waals surface area contributed by atoms with Crippen LogP contribution in [0.15, 0.2) is 0 Å². The van der Waals surface area contributed by atoms with Crippen molar-refractivity contribution < 1.29 is 18.9 Å². The van der Waals surface area contributed by atoms with Crippen molar-refractivity contribution in [2.75, 3.05) is 13.1 Å². The van der Waals surface area contributed by atoms with Crippen LogP contribution in [0.1, 0.15) is 26.7 Å². The number of rotatable bonds is 4. The zero-order valence-electron chi connectivity index (χ0n) is 6.28. The summed E-state index contributed by atoms with van der Waals surface area (Å²) in [6, 6.07) is 0. The summed E-state index contributed by atoms with van der Waals surface area (Å²) in [5, 5.41) is 0. The monoisotopic (exact) mass is 121 g/mol. The van der Waals surface area contributed by atoms with Crippen LogP contribution >= 0.6 is 0 Å². The van der Waals surface area contributed by atoms with Crippen LogP contribution in [0.4, 0.5) is 0 Å². The zero-order chi connectivity index (χ0) is 6.41. The summed E-state index contributed by atoms with van der Waals surface area (Å²) >= 11 is 0. The van der Waals surface area contributed by atoms with Gasteiger partial charge >= 0.3 is 18.9 Å². The van der Waals surface area contributed by atoms with Gasteiger partial charge in [-0.1, -0.05) is 13.8 Å². The summed E-state index contributed by atoms with van der Waals surface area (Å²) in [5.41, 5.74) is 0. The fourth-order valence-corrected chi connectivity index (χ4v) is 0.428. The largest absolute Gasteiger partial charge is 1.00 e. The van der Waals surface area contributed by atoms with Gasteiger partial charge in [-0.3, -0.25) is 0 Å². The first kappa shape index (κ1) is 12.3. The Kier molecular flexibility index (Phi) is 11.8. The Balaban J connectivity index is 0. The van der Waals surface area contributed by atoms with Gasteiger partial charge in [0, 0.05) is 7.98 Å². The number of nitrogens with zero attached hydrogens (tertiary/aromatic N) is 1. The van der Waals surface area contributed by atoms with E-state index < -0.39 is 0 Å². The summed E-state index contributed by atoms with van der Waals surface area (Å²) in [4.78, 5) is 2.61. The number of hydrogen-bond acceptors (Lipinski definition) is 1. The maximum absolute atomic E-state index is 2.61. The molecule has 3 heteroatoms. The van der Waals surface area contributed by atoms with Gasteiger partial charge in [-0.2, -0.15) is 0 Å². The van der Waals surface area contributed by atoms with Crippen LogP contribution in [0.2, 0.25) is 0 Å². The van der Waals surface area contributed by atoms with Crippen LogP contribution in [0.25, 0.3) is 0 Å².